The van der Waals surface area contributed by atoms with Gasteiger partial charge in [-0.2, -0.15) is 0 Å². The van der Waals surface area contributed by atoms with E-state index < -0.39 is 62.2 Å². The van der Waals surface area contributed by atoms with Gasteiger partial charge in [-0.1, -0.05) is 0 Å². The Bertz CT molecular complexity index is 871. The van der Waals surface area contributed by atoms with E-state index in [1.807, 2.05) is 67.8 Å². The van der Waals surface area contributed by atoms with Gasteiger partial charge in [-0.25, -0.2) is 0 Å². The summed E-state index contributed by atoms with van der Waals surface area (Å²) in [6, 6.07) is 0. The lowest BCUT2D eigenvalue weighted by Crippen LogP contribution is -2.39. The summed E-state index contributed by atoms with van der Waals surface area (Å²) in [6.07, 6.45) is -2.61. The number of carbonyl (C=O) groups excluding carboxylic acids is 3. The van der Waals surface area contributed by atoms with Crippen molar-refractivity contribution in [2.75, 3.05) is 53.6 Å². The maximum Gasteiger partial charge on any atom is 0.255 e. The fourth-order valence-corrected chi connectivity index (χ4v) is 7.59. The van der Waals surface area contributed by atoms with Crippen LogP contribution in [-0.4, -0.2) is 124 Å². The van der Waals surface area contributed by atoms with E-state index in [9.17, 15) is 34.8 Å². The summed E-state index contributed by atoms with van der Waals surface area (Å²) in [5, 5.41) is 56.6. The minimum atomic E-state index is -1.17. The SMILES string of the molecule is CN(CC(O)CO)C(=O)c1c(I)c(CC(=O)C(CO)CO)c(I)c(C(=O)N(C)CC(O)CO)c1I. The average Bonchev–Trinajstić information content (AvgIpc) is 2.81. The Morgan fingerprint density at radius 3 is 1.40 bits per heavy atom. The molecular weight excluding hydrogens is 805 g/mol. The van der Waals surface area contributed by atoms with Gasteiger partial charge < -0.3 is 40.4 Å². The number of aliphatic hydroxyl groups is 6. The fourth-order valence-electron chi connectivity index (χ4n) is 3.12. The molecule has 0 spiro atoms. The van der Waals surface area contributed by atoms with Crippen LogP contribution in [0.3, 0.4) is 0 Å². The zero-order valence-corrected chi connectivity index (χ0v) is 25.6. The van der Waals surface area contributed by atoms with Crippen molar-refractivity contribution in [3.05, 3.63) is 27.4 Å². The van der Waals surface area contributed by atoms with Crippen LogP contribution in [0.25, 0.3) is 0 Å². The zero-order chi connectivity index (χ0) is 27.0. The van der Waals surface area contributed by atoms with E-state index in [4.69, 9.17) is 10.2 Å². The number of rotatable bonds is 13. The number of ketones is 1. The zero-order valence-electron chi connectivity index (χ0n) is 19.1. The van der Waals surface area contributed by atoms with Gasteiger partial charge in [0.05, 0.1) is 55.7 Å². The molecule has 2 atom stereocenters. The molecule has 2 unspecified atom stereocenters. The number of carbonyl (C=O) groups is 3. The molecule has 0 heterocycles. The first-order chi connectivity index (χ1) is 16.4. The molecule has 35 heavy (non-hydrogen) atoms. The van der Waals surface area contributed by atoms with Gasteiger partial charge in [-0.15, -0.1) is 0 Å². The van der Waals surface area contributed by atoms with Gasteiger partial charge in [0.15, 0.2) is 0 Å². The molecule has 0 aromatic heterocycles. The summed E-state index contributed by atoms with van der Waals surface area (Å²) in [7, 11) is 2.85. The molecule has 1 aromatic carbocycles. The Hall–Kier alpha value is -0.220. The molecule has 6 N–H and O–H groups in total. The number of nitrogens with zero attached hydrogens (tertiary/aromatic N) is 2. The molecule has 0 aliphatic carbocycles. The van der Waals surface area contributed by atoms with Crippen LogP contribution >= 0.6 is 67.8 Å². The van der Waals surface area contributed by atoms with E-state index in [0.29, 0.717) is 16.3 Å². The molecule has 0 saturated heterocycles. The van der Waals surface area contributed by atoms with E-state index in [1.54, 1.807) is 0 Å². The minimum absolute atomic E-state index is 0.117. The first-order valence-electron chi connectivity index (χ1n) is 10.4. The number of hydrogen-bond acceptors (Lipinski definition) is 9. The third-order valence-electron chi connectivity index (χ3n) is 5.17. The van der Waals surface area contributed by atoms with Crippen molar-refractivity contribution in [1.82, 2.24) is 9.80 Å². The molecule has 2 amide bonds. The van der Waals surface area contributed by atoms with Crippen LogP contribution in [-0.2, 0) is 11.2 Å². The monoisotopic (exact) mass is 834 g/mol. The standard InChI is InChI=1S/C21H29I3N2O9/c1-25(4-11(31)8-29)20(34)15-17(22)13(3-14(33)10(6-27)7-28)18(23)16(19(15)24)21(35)26(2)5-12(32)9-30/h10-12,27-32H,3-9H2,1-2H3. The Balaban J connectivity index is 3.73. The largest absolute Gasteiger partial charge is 0.396 e. The Morgan fingerprint density at radius 2 is 1.09 bits per heavy atom. The maximum atomic E-state index is 13.4. The van der Waals surface area contributed by atoms with Crippen molar-refractivity contribution in [2.45, 2.75) is 18.6 Å². The van der Waals surface area contributed by atoms with Gasteiger partial charge in [0.2, 0.25) is 0 Å². The Morgan fingerprint density at radius 1 is 0.714 bits per heavy atom. The molecule has 14 heteroatoms. The maximum absolute atomic E-state index is 13.4. The first-order valence-corrected chi connectivity index (χ1v) is 13.6. The van der Waals surface area contributed by atoms with Crippen molar-refractivity contribution in [2.24, 2.45) is 5.92 Å². The van der Waals surface area contributed by atoms with Crippen LogP contribution in [0.5, 0.6) is 0 Å². The molecular formula is C21H29I3N2O9. The third-order valence-corrected chi connectivity index (χ3v) is 8.63. The van der Waals surface area contributed by atoms with Gasteiger partial charge in [0.1, 0.15) is 5.78 Å². The molecule has 1 rings (SSSR count). The highest BCUT2D eigenvalue weighted by Crippen LogP contribution is 2.34. The molecule has 1 aromatic rings. The summed E-state index contributed by atoms with van der Waals surface area (Å²) in [6.45, 7) is -2.58. The average molecular weight is 834 g/mol. The van der Waals surface area contributed by atoms with E-state index in [1.165, 1.54) is 23.9 Å². The predicted molar refractivity (Wildman–Crippen MR) is 151 cm³/mol. The summed E-state index contributed by atoms with van der Waals surface area (Å²) in [4.78, 5) is 41.8. The fraction of sp³-hybridized carbons (Fsp3) is 0.571. The Labute approximate surface area is 243 Å². The van der Waals surface area contributed by atoms with Crippen molar-refractivity contribution >= 4 is 85.4 Å². The van der Waals surface area contributed by atoms with Crippen molar-refractivity contribution in [3.63, 3.8) is 0 Å². The second-order valence-electron chi connectivity index (χ2n) is 7.92. The number of halogens is 3. The van der Waals surface area contributed by atoms with Crippen molar-refractivity contribution < 1.29 is 45.0 Å². The van der Waals surface area contributed by atoms with Crippen LogP contribution < -0.4 is 0 Å². The van der Waals surface area contributed by atoms with Crippen molar-refractivity contribution in [1.29, 1.82) is 0 Å². The first kappa shape index (κ1) is 32.8. The topological polar surface area (TPSA) is 179 Å². The quantitative estimate of drug-likeness (QED) is 0.137. The second-order valence-corrected chi connectivity index (χ2v) is 11.2. The number of amides is 2. The van der Waals surface area contributed by atoms with Crippen LogP contribution in [0.4, 0.5) is 0 Å². The summed E-state index contributed by atoms with van der Waals surface area (Å²) < 4.78 is 1.08. The molecule has 0 bridgehead atoms. The molecule has 0 saturated carbocycles. The van der Waals surface area contributed by atoms with Crippen LogP contribution in [0.2, 0.25) is 0 Å². The van der Waals surface area contributed by atoms with Gasteiger partial charge in [0, 0.05) is 44.3 Å². The summed E-state index contributed by atoms with van der Waals surface area (Å²) in [5.74, 6) is -2.60. The lowest BCUT2D eigenvalue weighted by atomic mass is 9.95. The lowest BCUT2D eigenvalue weighted by molar-refractivity contribution is -0.124. The number of likely N-dealkylation sites (N-methyl/N-ethyl adjacent to an activating group) is 2. The molecule has 0 radical (unpaired) electrons. The van der Waals surface area contributed by atoms with E-state index in [2.05, 4.69) is 0 Å². The Kier molecular flexibility index (Phi) is 14.3. The van der Waals surface area contributed by atoms with Crippen molar-refractivity contribution in [3.8, 4) is 0 Å². The second kappa shape index (κ2) is 15.3. The smallest absolute Gasteiger partial charge is 0.255 e. The number of hydrogen-bond donors (Lipinski definition) is 6. The highest BCUT2D eigenvalue weighted by Gasteiger charge is 2.32. The normalized spacial score (nSPS) is 13.0. The molecule has 198 valence electrons. The van der Waals surface area contributed by atoms with Crippen LogP contribution in [0.1, 0.15) is 26.3 Å². The molecule has 11 nitrogen and oxygen atoms in total. The predicted octanol–water partition coefficient (Wildman–Crippen LogP) is -0.937. The van der Waals surface area contributed by atoms with Crippen LogP contribution in [0.15, 0.2) is 0 Å². The highest BCUT2D eigenvalue weighted by atomic mass is 127. The van der Waals surface area contributed by atoms with E-state index in [-0.39, 0.29) is 30.6 Å². The highest BCUT2D eigenvalue weighted by molar-refractivity contribution is 14.1. The van der Waals surface area contributed by atoms with Gasteiger partial charge in [-0.05, 0) is 73.3 Å². The van der Waals surface area contributed by atoms with Gasteiger partial charge in [0.25, 0.3) is 11.8 Å². The molecule has 0 aliphatic rings. The lowest BCUT2D eigenvalue weighted by Gasteiger charge is -2.26. The number of aliphatic hydroxyl groups excluding tert-OH is 6. The van der Waals surface area contributed by atoms with Gasteiger partial charge >= 0.3 is 0 Å². The summed E-state index contributed by atoms with van der Waals surface area (Å²) >= 11 is 5.67. The third kappa shape index (κ3) is 8.39. The van der Waals surface area contributed by atoms with Crippen LogP contribution in [0, 0.1) is 16.6 Å². The molecule has 0 fully saturated rings. The summed E-state index contributed by atoms with van der Waals surface area (Å²) in [5.41, 5.74) is 0.597. The number of Topliss-reactive ketones (excluding diaryl/α,β-unsaturated/α-hetero) is 1. The van der Waals surface area contributed by atoms with E-state index >= 15 is 0 Å². The van der Waals surface area contributed by atoms with Gasteiger partial charge in [-0.3, -0.25) is 14.4 Å². The molecule has 0 aliphatic heterocycles. The number of benzene rings is 1. The minimum Gasteiger partial charge on any atom is -0.396 e. The van der Waals surface area contributed by atoms with E-state index in [0.717, 1.165) is 0 Å².